The highest BCUT2D eigenvalue weighted by Gasteiger charge is 2.37. The summed E-state index contributed by atoms with van der Waals surface area (Å²) < 4.78 is 0. The van der Waals surface area contributed by atoms with E-state index in [9.17, 15) is 0 Å². The molecule has 1 aromatic carbocycles. The Kier molecular flexibility index (Phi) is 6.47. The van der Waals surface area contributed by atoms with Crippen LogP contribution in [-0.2, 0) is 6.54 Å². The van der Waals surface area contributed by atoms with E-state index in [-0.39, 0.29) is 0 Å². The van der Waals surface area contributed by atoms with Gasteiger partial charge in [0, 0.05) is 12.6 Å². The fraction of sp³-hybridized carbons (Fsp3) is 0.571. The second-order valence-electron chi connectivity index (χ2n) is 7.95. The molecule has 0 N–H and O–H groups in total. The van der Waals surface area contributed by atoms with Crippen molar-refractivity contribution in [2.45, 2.75) is 70.4 Å². The molecular formula is C21H33NSi. The molecule has 2 atom stereocenters. The second-order valence-corrected chi connectivity index (χ2v) is 13.4. The van der Waals surface area contributed by atoms with Crippen LogP contribution < -0.4 is 0 Å². The monoisotopic (exact) mass is 327 g/mol. The molecule has 1 heterocycles. The molecule has 1 fully saturated rings. The van der Waals surface area contributed by atoms with E-state index < -0.39 is 8.07 Å². The zero-order chi connectivity index (χ0) is 16.9. The van der Waals surface area contributed by atoms with Gasteiger partial charge in [0.25, 0.3) is 0 Å². The van der Waals surface area contributed by atoms with Crippen molar-refractivity contribution in [2.24, 2.45) is 0 Å². The van der Waals surface area contributed by atoms with Gasteiger partial charge in [-0.2, -0.15) is 0 Å². The summed E-state index contributed by atoms with van der Waals surface area (Å²) in [6.45, 7) is 16.2. The lowest BCUT2D eigenvalue weighted by molar-refractivity contribution is 0.208. The van der Waals surface area contributed by atoms with Gasteiger partial charge in [0.05, 0.1) is 8.07 Å². The molecule has 1 aromatic rings. The van der Waals surface area contributed by atoms with E-state index in [1.807, 2.05) is 0 Å². The molecule has 1 aliphatic heterocycles. The summed E-state index contributed by atoms with van der Waals surface area (Å²) in [6, 6.07) is 11.4. The summed E-state index contributed by atoms with van der Waals surface area (Å²) in [5.74, 6) is 0. The van der Waals surface area contributed by atoms with E-state index in [4.69, 9.17) is 0 Å². The van der Waals surface area contributed by atoms with E-state index >= 15 is 0 Å². The Labute approximate surface area is 144 Å². The molecular weight excluding hydrogens is 294 g/mol. The van der Waals surface area contributed by atoms with Crippen molar-refractivity contribution < 1.29 is 0 Å². The van der Waals surface area contributed by atoms with Crippen molar-refractivity contribution in [1.29, 1.82) is 0 Å². The Bertz CT molecular complexity index is 537. The molecule has 0 bridgehead atoms. The molecule has 2 unspecified atom stereocenters. The number of nitrogens with zero attached hydrogens (tertiary/aromatic N) is 1. The van der Waals surface area contributed by atoms with E-state index in [2.05, 4.69) is 74.1 Å². The molecule has 1 aliphatic rings. The van der Waals surface area contributed by atoms with Gasteiger partial charge in [0.1, 0.15) is 0 Å². The first kappa shape index (κ1) is 18.3. The van der Waals surface area contributed by atoms with Crippen LogP contribution in [0.5, 0.6) is 0 Å². The van der Waals surface area contributed by atoms with Crippen LogP contribution in [0, 0.1) is 0 Å². The van der Waals surface area contributed by atoms with Crippen molar-refractivity contribution in [2.75, 3.05) is 6.54 Å². The number of hydrogen-bond donors (Lipinski definition) is 0. The van der Waals surface area contributed by atoms with Crippen molar-refractivity contribution >= 4 is 8.07 Å². The lowest BCUT2D eigenvalue weighted by atomic mass is 9.98. The van der Waals surface area contributed by atoms with Crippen molar-refractivity contribution in [1.82, 2.24) is 4.90 Å². The molecule has 0 amide bonds. The summed E-state index contributed by atoms with van der Waals surface area (Å²) in [6.07, 6.45) is 5.07. The van der Waals surface area contributed by atoms with Crippen LogP contribution in [0.2, 0.25) is 25.2 Å². The van der Waals surface area contributed by atoms with Crippen LogP contribution >= 0.6 is 0 Å². The van der Waals surface area contributed by atoms with E-state index in [0.29, 0.717) is 6.04 Å². The smallest absolute Gasteiger partial charge is 0.0526 e. The molecule has 0 aromatic heterocycles. The number of likely N-dealkylation sites (tertiary alicyclic amines) is 1. The highest BCUT2D eigenvalue weighted by atomic mass is 28.3. The molecule has 0 spiro atoms. The molecule has 0 saturated carbocycles. The zero-order valence-corrected chi connectivity index (χ0v) is 16.4. The van der Waals surface area contributed by atoms with Gasteiger partial charge in [-0.3, -0.25) is 4.90 Å². The fourth-order valence-corrected chi connectivity index (χ4v) is 6.30. The van der Waals surface area contributed by atoms with Gasteiger partial charge in [-0.25, -0.2) is 0 Å². The molecule has 2 heteroatoms. The van der Waals surface area contributed by atoms with Crippen molar-refractivity contribution in [3.8, 4) is 0 Å². The van der Waals surface area contributed by atoms with E-state index in [1.54, 1.807) is 0 Å². The summed E-state index contributed by atoms with van der Waals surface area (Å²) in [7, 11) is -1.23. The Balaban J connectivity index is 2.30. The minimum atomic E-state index is -1.23. The van der Waals surface area contributed by atoms with Crippen LogP contribution in [0.3, 0.4) is 0 Å². The Morgan fingerprint density at radius 1 is 1.22 bits per heavy atom. The Hall–Kier alpha value is -1.08. The van der Waals surface area contributed by atoms with Crippen LogP contribution in [0.4, 0.5) is 0 Å². The lowest BCUT2D eigenvalue weighted by Gasteiger charge is -2.36. The van der Waals surface area contributed by atoms with Gasteiger partial charge in [0.15, 0.2) is 0 Å². The van der Waals surface area contributed by atoms with Gasteiger partial charge in [-0.05, 0) is 42.5 Å². The Morgan fingerprint density at radius 3 is 2.48 bits per heavy atom. The van der Waals surface area contributed by atoms with Gasteiger partial charge < -0.3 is 0 Å². The lowest BCUT2D eigenvalue weighted by Crippen LogP contribution is -2.39. The molecule has 0 radical (unpaired) electrons. The first-order valence-corrected chi connectivity index (χ1v) is 12.7. The Morgan fingerprint density at radius 2 is 1.91 bits per heavy atom. The summed E-state index contributed by atoms with van der Waals surface area (Å²) in [5.41, 5.74) is 7.08. The van der Waals surface area contributed by atoms with Gasteiger partial charge >= 0.3 is 0 Å². The summed E-state index contributed by atoms with van der Waals surface area (Å²) in [4.78, 5) is 2.69. The third kappa shape index (κ3) is 4.70. The minimum Gasteiger partial charge on any atom is -0.292 e. The van der Waals surface area contributed by atoms with Crippen molar-refractivity contribution in [3.05, 3.63) is 53.8 Å². The van der Waals surface area contributed by atoms with Crippen LogP contribution in [0.1, 0.15) is 38.2 Å². The molecule has 23 heavy (non-hydrogen) atoms. The average Bonchev–Trinajstić information content (AvgIpc) is 2.68. The van der Waals surface area contributed by atoms with Gasteiger partial charge in [-0.1, -0.05) is 69.9 Å². The van der Waals surface area contributed by atoms with Gasteiger partial charge in [0.2, 0.25) is 0 Å². The topological polar surface area (TPSA) is 3.24 Å². The number of hydrogen-bond acceptors (Lipinski definition) is 1. The first-order chi connectivity index (χ1) is 11.0. The summed E-state index contributed by atoms with van der Waals surface area (Å²) in [5, 5.41) is 0. The zero-order valence-electron chi connectivity index (χ0n) is 15.4. The minimum absolute atomic E-state index is 0.525. The quantitative estimate of drug-likeness (QED) is 0.483. The first-order valence-electron chi connectivity index (χ1n) is 9.15. The van der Waals surface area contributed by atoms with Crippen LogP contribution in [0.15, 0.2) is 48.2 Å². The molecule has 1 nitrogen and oxygen atoms in total. The normalized spacial score (nSPS) is 23.4. The van der Waals surface area contributed by atoms with Crippen LogP contribution in [0.25, 0.3) is 0 Å². The van der Waals surface area contributed by atoms with E-state index in [1.165, 1.54) is 43.4 Å². The maximum absolute atomic E-state index is 4.10. The standard InChI is InChI=1S/C21H33NSi/c1-6-12-20-19(7-2)21(23(3,4)5)15-11-16-22(20)17-18-13-9-8-10-14-18/h8-10,13-14,20-21H,2,6,11-12,15-17H2,1,3-5H3. The molecule has 1 saturated heterocycles. The maximum Gasteiger partial charge on any atom is 0.0526 e. The molecule has 0 aliphatic carbocycles. The average molecular weight is 328 g/mol. The third-order valence-electron chi connectivity index (χ3n) is 5.15. The molecule has 126 valence electrons. The third-order valence-corrected chi connectivity index (χ3v) is 7.84. The predicted octanol–water partition coefficient (Wildman–Crippen LogP) is 5.87. The highest BCUT2D eigenvalue weighted by molar-refractivity contribution is 6.78. The SMILES string of the molecule is C=C=C1C(CCC)N(Cc2ccccc2)CCCC1[Si](C)(C)C. The van der Waals surface area contributed by atoms with Crippen LogP contribution in [-0.4, -0.2) is 25.6 Å². The summed E-state index contributed by atoms with van der Waals surface area (Å²) >= 11 is 0. The second kappa shape index (κ2) is 8.15. The fourth-order valence-electron chi connectivity index (χ4n) is 4.00. The highest BCUT2D eigenvalue weighted by Crippen LogP contribution is 2.40. The van der Waals surface area contributed by atoms with Gasteiger partial charge in [-0.15, -0.1) is 5.73 Å². The number of benzene rings is 1. The maximum atomic E-state index is 4.10. The van der Waals surface area contributed by atoms with E-state index in [0.717, 1.165) is 12.1 Å². The predicted molar refractivity (Wildman–Crippen MR) is 105 cm³/mol. The molecule has 2 rings (SSSR count). The largest absolute Gasteiger partial charge is 0.292 e. The van der Waals surface area contributed by atoms with Crippen molar-refractivity contribution in [3.63, 3.8) is 0 Å². The number of rotatable bonds is 5.